The molecule has 1 heterocycles. The molecule has 1 saturated heterocycles. The van der Waals surface area contributed by atoms with E-state index in [1.807, 2.05) is 0 Å². The van der Waals surface area contributed by atoms with Gasteiger partial charge in [0.15, 0.2) is 0 Å². The van der Waals surface area contributed by atoms with E-state index in [0.717, 1.165) is 32.5 Å². The first-order valence-electron chi connectivity index (χ1n) is 3.90. The van der Waals surface area contributed by atoms with Gasteiger partial charge in [0.1, 0.15) is 0 Å². The van der Waals surface area contributed by atoms with Crippen molar-refractivity contribution in [1.29, 1.82) is 0 Å². The zero-order valence-corrected chi connectivity index (χ0v) is 10.2. The van der Waals surface area contributed by atoms with Crippen LogP contribution in [0, 0.1) is 12.3 Å². The molecule has 0 atom stereocenters. The summed E-state index contributed by atoms with van der Waals surface area (Å²) in [6.45, 7) is 7.17. The minimum atomic E-state index is 0. The van der Waals surface area contributed by atoms with Crippen molar-refractivity contribution < 1.29 is 32.7 Å². The normalized spacial score (nSPS) is 24.3. The first-order chi connectivity index (χ1) is 4.66. The van der Waals surface area contributed by atoms with Crippen molar-refractivity contribution in [3.05, 3.63) is 6.92 Å². The molecule has 0 aromatic carbocycles. The van der Waals surface area contributed by atoms with Crippen LogP contribution in [0.5, 0.6) is 0 Å². The van der Waals surface area contributed by atoms with Gasteiger partial charge in [0.2, 0.25) is 0 Å². The minimum Gasteiger partial charge on any atom is -0.336 e. The Kier molecular flexibility index (Phi) is 5.36. The molecule has 2 nitrogen and oxygen atoms in total. The SMILES string of the molecule is [CH2-]C1(CN)CCN(C)CC1.[Y+3]. The number of likely N-dealkylation sites (tertiary alicyclic amines) is 1. The first-order valence-corrected chi connectivity index (χ1v) is 3.90. The van der Waals surface area contributed by atoms with Crippen LogP contribution in [0.2, 0.25) is 0 Å². The van der Waals surface area contributed by atoms with Gasteiger partial charge in [-0.25, -0.2) is 0 Å². The minimum absolute atomic E-state index is 0. The second-order valence-corrected chi connectivity index (χ2v) is 3.51. The summed E-state index contributed by atoms with van der Waals surface area (Å²) in [7, 11) is 2.15. The molecule has 0 saturated carbocycles. The van der Waals surface area contributed by atoms with Gasteiger partial charge >= 0.3 is 32.7 Å². The molecule has 1 fully saturated rings. The Morgan fingerprint density at radius 3 is 2.27 bits per heavy atom. The van der Waals surface area contributed by atoms with Crippen molar-refractivity contribution in [1.82, 2.24) is 4.90 Å². The maximum absolute atomic E-state index is 5.60. The second-order valence-electron chi connectivity index (χ2n) is 3.51. The van der Waals surface area contributed by atoms with Gasteiger partial charge in [0, 0.05) is 0 Å². The van der Waals surface area contributed by atoms with E-state index in [1.54, 1.807) is 0 Å². The van der Waals surface area contributed by atoms with Crippen molar-refractivity contribution >= 4 is 0 Å². The average Bonchev–Trinajstić information content (AvgIpc) is 1.96. The third-order valence-electron chi connectivity index (χ3n) is 2.48. The molecule has 0 aromatic rings. The number of nitrogens with two attached hydrogens (primary N) is 1. The van der Waals surface area contributed by atoms with Crippen LogP contribution in [-0.4, -0.2) is 31.6 Å². The summed E-state index contributed by atoms with van der Waals surface area (Å²) in [5, 5.41) is 0. The maximum atomic E-state index is 5.60. The molecule has 0 amide bonds. The fraction of sp³-hybridized carbons (Fsp3) is 0.875. The number of hydrogen-bond donors (Lipinski definition) is 1. The molecular weight excluding hydrogens is 213 g/mol. The molecule has 1 aliphatic rings. The van der Waals surface area contributed by atoms with Crippen LogP contribution < -0.4 is 5.73 Å². The molecule has 3 heteroatoms. The van der Waals surface area contributed by atoms with Crippen LogP contribution in [0.1, 0.15) is 12.8 Å². The topological polar surface area (TPSA) is 29.3 Å². The van der Waals surface area contributed by atoms with Gasteiger partial charge in [-0.1, -0.05) is 12.8 Å². The quantitative estimate of drug-likeness (QED) is 0.664. The van der Waals surface area contributed by atoms with Gasteiger partial charge in [-0.3, -0.25) is 0 Å². The van der Waals surface area contributed by atoms with Crippen LogP contribution in [0.4, 0.5) is 0 Å². The predicted octanol–water partition coefficient (Wildman–Crippen LogP) is 0.489. The fourth-order valence-corrected chi connectivity index (χ4v) is 1.30. The van der Waals surface area contributed by atoms with Crippen LogP contribution in [-0.2, 0) is 32.7 Å². The van der Waals surface area contributed by atoms with E-state index in [9.17, 15) is 0 Å². The van der Waals surface area contributed by atoms with E-state index >= 15 is 0 Å². The monoisotopic (exact) mass is 230 g/mol. The zero-order chi connectivity index (χ0) is 7.61. The van der Waals surface area contributed by atoms with Crippen LogP contribution in [0.15, 0.2) is 0 Å². The van der Waals surface area contributed by atoms with Gasteiger partial charge in [0.25, 0.3) is 0 Å². The van der Waals surface area contributed by atoms with E-state index < -0.39 is 0 Å². The van der Waals surface area contributed by atoms with Crippen molar-refractivity contribution in [3.63, 3.8) is 0 Å². The third kappa shape index (κ3) is 3.50. The molecule has 0 unspecified atom stereocenters. The summed E-state index contributed by atoms with van der Waals surface area (Å²) in [5.41, 5.74) is 5.79. The van der Waals surface area contributed by atoms with Crippen molar-refractivity contribution in [3.8, 4) is 0 Å². The standard InChI is InChI=1S/C8H17N2.Y/c1-8(7-9)3-5-10(2)6-4-8;/h1,3-7,9H2,2H3;/q-1;+3. The summed E-state index contributed by atoms with van der Waals surface area (Å²) >= 11 is 0. The molecule has 0 aromatic heterocycles. The third-order valence-corrected chi connectivity index (χ3v) is 2.48. The maximum Gasteiger partial charge on any atom is 3.00 e. The largest absolute Gasteiger partial charge is 3.00 e. The molecule has 1 rings (SSSR count). The summed E-state index contributed by atoms with van der Waals surface area (Å²) in [6, 6.07) is 0. The number of rotatable bonds is 1. The first kappa shape index (κ1) is 12.0. The van der Waals surface area contributed by atoms with E-state index in [0.29, 0.717) is 0 Å². The molecule has 0 bridgehead atoms. The van der Waals surface area contributed by atoms with Crippen LogP contribution in [0.3, 0.4) is 0 Å². The Hall–Kier alpha value is 1.02. The molecule has 0 radical (unpaired) electrons. The van der Waals surface area contributed by atoms with Crippen LogP contribution in [0.25, 0.3) is 0 Å². The smallest absolute Gasteiger partial charge is 0.336 e. The van der Waals surface area contributed by atoms with Crippen LogP contribution >= 0.6 is 0 Å². The number of hydrogen-bond acceptors (Lipinski definition) is 2. The summed E-state index contributed by atoms with van der Waals surface area (Å²) in [4.78, 5) is 2.33. The van der Waals surface area contributed by atoms with E-state index in [4.69, 9.17) is 5.73 Å². The molecular formula is C8H17N2Y+2. The van der Waals surface area contributed by atoms with E-state index in [1.165, 1.54) is 0 Å². The Bertz CT molecular complexity index is 109. The molecule has 0 aliphatic carbocycles. The molecule has 1 aliphatic heterocycles. The Balaban J connectivity index is 0.000001000. The number of nitrogens with zero attached hydrogens (tertiary/aromatic N) is 1. The number of piperidine rings is 1. The molecule has 60 valence electrons. The van der Waals surface area contributed by atoms with E-state index in [2.05, 4.69) is 18.9 Å². The Morgan fingerprint density at radius 2 is 1.91 bits per heavy atom. The molecule has 2 N–H and O–H groups in total. The summed E-state index contributed by atoms with van der Waals surface area (Å²) < 4.78 is 0. The summed E-state index contributed by atoms with van der Waals surface area (Å²) in [5.74, 6) is 0. The zero-order valence-electron chi connectivity index (χ0n) is 7.34. The Labute approximate surface area is 94.8 Å². The van der Waals surface area contributed by atoms with Gasteiger partial charge in [-0.15, -0.1) is 5.41 Å². The molecule has 0 spiro atoms. The van der Waals surface area contributed by atoms with Crippen molar-refractivity contribution in [2.24, 2.45) is 11.1 Å². The van der Waals surface area contributed by atoms with Gasteiger partial charge in [-0.2, -0.15) is 0 Å². The van der Waals surface area contributed by atoms with Gasteiger partial charge < -0.3 is 17.6 Å². The molecule has 11 heavy (non-hydrogen) atoms. The second kappa shape index (κ2) is 4.91. The summed E-state index contributed by atoms with van der Waals surface area (Å²) in [6.07, 6.45) is 2.31. The van der Waals surface area contributed by atoms with E-state index in [-0.39, 0.29) is 38.1 Å². The Morgan fingerprint density at radius 1 is 1.45 bits per heavy atom. The van der Waals surface area contributed by atoms with Crippen molar-refractivity contribution in [2.75, 3.05) is 26.7 Å². The van der Waals surface area contributed by atoms with Crippen molar-refractivity contribution in [2.45, 2.75) is 12.8 Å². The van der Waals surface area contributed by atoms with Gasteiger partial charge in [0.05, 0.1) is 0 Å². The predicted molar refractivity (Wildman–Crippen MR) is 43.6 cm³/mol. The van der Waals surface area contributed by atoms with Gasteiger partial charge in [-0.05, 0) is 26.7 Å². The fourth-order valence-electron chi connectivity index (χ4n) is 1.30. The average molecular weight is 230 g/mol.